The first-order chi connectivity index (χ1) is 10.2. The summed E-state index contributed by atoms with van der Waals surface area (Å²) in [6, 6.07) is 1.64. The van der Waals surface area contributed by atoms with Crippen LogP contribution >= 0.6 is 11.8 Å². The highest BCUT2D eigenvalue weighted by atomic mass is 32.2. The molecule has 0 saturated carbocycles. The van der Waals surface area contributed by atoms with Crippen molar-refractivity contribution in [3.8, 4) is 5.75 Å². The van der Waals surface area contributed by atoms with E-state index >= 15 is 0 Å². The lowest BCUT2D eigenvalue weighted by Crippen LogP contribution is -2.46. The lowest BCUT2D eigenvalue weighted by atomic mass is 9.82. The Morgan fingerprint density at radius 3 is 2.90 bits per heavy atom. The third kappa shape index (κ3) is 3.72. The molecule has 21 heavy (non-hydrogen) atoms. The fourth-order valence-electron chi connectivity index (χ4n) is 3.01. The number of rotatable bonds is 3. The topological polar surface area (TPSA) is 71.8 Å². The Balaban J connectivity index is 1.65. The van der Waals surface area contributed by atoms with Crippen molar-refractivity contribution >= 4 is 24.3 Å². The summed E-state index contributed by atoms with van der Waals surface area (Å²) >= 11 is 1.99. The second kappa shape index (κ2) is 6.56. The molecule has 3 rings (SSSR count). The summed E-state index contributed by atoms with van der Waals surface area (Å²) < 4.78 is 12.0. The molecule has 0 bridgehead atoms. The van der Waals surface area contributed by atoms with Crippen molar-refractivity contribution in [3.63, 3.8) is 0 Å². The summed E-state index contributed by atoms with van der Waals surface area (Å²) in [4.78, 5) is 4.00. The van der Waals surface area contributed by atoms with Gasteiger partial charge in [0.2, 0.25) is 0 Å². The fourth-order valence-corrected chi connectivity index (χ4v) is 4.25. The molecule has 1 aromatic rings. The maximum absolute atomic E-state index is 9.19. The predicted molar refractivity (Wildman–Crippen MR) is 83.0 cm³/mol. The van der Waals surface area contributed by atoms with Crippen LogP contribution in [0.15, 0.2) is 18.5 Å². The molecule has 2 saturated heterocycles. The second-order valence-corrected chi connectivity index (χ2v) is 6.93. The van der Waals surface area contributed by atoms with E-state index in [1.165, 1.54) is 6.20 Å². The predicted octanol–water partition coefficient (Wildman–Crippen LogP) is 0.585. The number of aromatic nitrogens is 1. The number of hydrogen-bond donors (Lipinski definition) is 2. The highest BCUT2D eigenvalue weighted by Crippen LogP contribution is 2.38. The van der Waals surface area contributed by atoms with Gasteiger partial charge in [-0.15, -0.1) is 0 Å². The Labute approximate surface area is 129 Å². The van der Waals surface area contributed by atoms with Crippen molar-refractivity contribution in [2.45, 2.75) is 37.4 Å². The van der Waals surface area contributed by atoms with Gasteiger partial charge >= 0.3 is 7.12 Å². The van der Waals surface area contributed by atoms with E-state index in [4.69, 9.17) is 9.47 Å². The van der Waals surface area contributed by atoms with E-state index in [0.717, 1.165) is 43.8 Å². The smallest absolute Gasteiger partial charge is 0.489 e. The lowest BCUT2D eigenvalue weighted by Gasteiger charge is -2.43. The minimum absolute atomic E-state index is 0.0182. The van der Waals surface area contributed by atoms with Crippen LogP contribution in [0.25, 0.3) is 0 Å². The molecular weight excluding hydrogens is 289 g/mol. The number of ether oxygens (including phenoxy) is 2. The van der Waals surface area contributed by atoms with Gasteiger partial charge in [0.15, 0.2) is 0 Å². The van der Waals surface area contributed by atoms with Crippen LogP contribution in [-0.4, -0.2) is 52.0 Å². The van der Waals surface area contributed by atoms with Crippen LogP contribution in [0.1, 0.15) is 25.7 Å². The summed E-state index contributed by atoms with van der Waals surface area (Å²) in [7, 11) is -1.52. The summed E-state index contributed by atoms with van der Waals surface area (Å²) in [5, 5.41) is 18.4. The molecule has 5 nitrogen and oxygen atoms in total. The van der Waals surface area contributed by atoms with Crippen LogP contribution in [0, 0.1) is 0 Å². The number of pyridine rings is 1. The summed E-state index contributed by atoms with van der Waals surface area (Å²) in [5.41, 5.74) is 0.332. The Hall–Kier alpha value is -0.755. The zero-order valence-corrected chi connectivity index (χ0v) is 12.7. The first kappa shape index (κ1) is 15.2. The summed E-state index contributed by atoms with van der Waals surface area (Å²) in [6.07, 6.45) is 7.10. The molecule has 1 unspecified atom stereocenters. The van der Waals surface area contributed by atoms with Gasteiger partial charge in [0.1, 0.15) is 11.9 Å². The van der Waals surface area contributed by atoms with Gasteiger partial charge in [0.05, 0.1) is 18.4 Å². The normalized spacial score (nSPS) is 24.8. The molecule has 7 heteroatoms. The van der Waals surface area contributed by atoms with Crippen molar-refractivity contribution in [1.29, 1.82) is 0 Å². The zero-order valence-electron chi connectivity index (χ0n) is 11.9. The van der Waals surface area contributed by atoms with Gasteiger partial charge in [-0.1, -0.05) is 0 Å². The van der Waals surface area contributed by atoms with E-state index in [9.17, 15) is 10.0 Å². The molecule has 2 N–H and O–H groups in total. The molecule has 2 aliphatic rings. The molecule has 114 valence electrons. The van der Waals surface area contributed by atoms with Crippen molar-refractivity contribution in [3.05, 3.63) is 18.5 Å². The van der Waals surface area contributed by atoms with Crippen LogP contribution in [-0.2, 0) is 4.74 Å². The molecule has 2 fully saturated rings. The van der Waals surface area contributed by atoms with Gasteiger partial charge in [-0.2, -0.15) is 11.8 Å². The molecule has 3 heterocycles. The second-order valence-electron chi connectivity index (χ2n) is 5.70. The van der Waals surface area contributed by atoms with Gasteiger partial charge in [-0.3, -0.25) is 4.98 Å². The van der Waals surface area contributed by atoms with Gasteiger partial charge in [-0.05, 0) is 30.4 Å². The highest BCUT2D eigenvalue weighted by Gasteiger charge is 2.39. The first-order valence-corrected chi connectivity index (χ1v) is 8.52. The van der Waals surface area contributed by atoms with Gasteiger partial charge in [0, 0.05) is 24.5 Å². The quantitative estimate of drug-likeness (QED) is 0.796. The highest BCUT2D eigenvalue weighted by molar-refractivity contribution is 7.99. The average molecular weight is 309 g/mol. The maximum atomic E-state index is 9.19. The van der Waals surface area contributed by atoms with E-state index in [2.05, 4.69) is 4.98 Å². The monoisotopic (exact) mass is 309 g/mol. The van der Waals surface area contributed by atoms with E-state index in [-0.39, 0.29) is 11.7 Å². The molecule has 0 radical (unpaired) electrons. The SMILES string of the molecule is OB(O)c1cncc(OC2CCOC3(CCSCC3)C2)c1. The van der Waals surface area contributed by atoms with Crippen LogP contribution in [0.2, 0.25) is 0 Å². The molecule has 2 aliphatic heterocycles. The van der Waals surface area contributed by atoms with Crippen molar-refractivity contribution in [1.82, 2.24) is 4.98 Å². The standard InChI is InChI=1S/C14H20BNO4S/c17-15(18)11-7-13(10-16-9-11)20-12-1-4-19-14(8-12)2-5-21-6-3-14/h7,9-10,12,17-18H,1-6,8H2. The lowest BCUT2D eigenvalue weighted by molar-refractivity contribution is -0.116. The third-order valence-electron chi connectivity index (χ3n) is 4.19. The number of hydrogen-bond acceptors (Lipinski definition) is 6. The van der Waals surface area contributed by atoms with Crippen molar-refractivity contribution < 1.29 is 19.5 Å². The number of thioether (sulfide) groups is 1. The van der Waals surface area contributed by atoms with Crippen LogP contribution in [0.5, 0.6) is 5.75 Å². The van der Waals surface area contributed by atoms with E-state index < -0.39 is 7.12 Å². The third-order valence-corrected chi connectivity index (χ3v) is 5.17. The molecule has 1 aromatic heterocycles. The van der Waals surface area contributed by atoms with Gasteiger partial charge in [0.25, 0.3) is 0 Å². The zero-order chi connectivity index (χ0) is 14.7. The van der Waals surface area contributed by atoms with Crippen LogP contribution < -0.4 is 10.2 Å². The Morgan fingerprint density at radius 1 is 1.33 bits per heavy atom. The molecular formula is C14H20BNO4S. The number of nitrogens with zero attached hydrogens (tertiary/aromatic N) is 1. The Bertz CT molecular complexity index is 476. The molecule has 0 aromatic carbocycles. The minimum Gasteiger partial charge on any atom is -0.489 e. The maximum Gasteiger partial charge on any atom is 0.490 e. The summed E-state index contributed by atoms with van der Waals surface area (Å²) in [6.45, 7) is 0.727. The molecule has 1 atom stereocenters. The molecule has 1 spiro atoms. The largest absolute Gasteiger partial charge is 0.490 e. The van der Waals surface area contributed by atoms with Crippen LogP contribution in [0.4, 0.5) is 0 Å². The van der Waals surface area contributed by atoms with Crippen molar-refractivity contribution in [2.24, 2.45) is 0 Å². The van der Waals surface area contributed by atoms with Gasteiger partial charge < -0.3 is 19.5 Å². The molecule has 0 aliphatic carbocycles. The van der Waals surface area contributed by atoms with E-state index in [1.54, 1.807) is 12.3 Å². The average Bonchev–Trinajstić information content (AvgIpc) is 2.48. The Kier molecular flexibility index (Phi) is 4.73. The first-order valence-electron chi connectivity index (χ1n) is 7.36. The Morgan fingerprint density at radius 2 is 2.14 bits per heavy atom. The van der Waals surface area contributed by atoms with E-state index in [0.29, 0.717) is 11.2 Å². The van der Waals surface area contributed by atoms with Crippen molar-refractivity contribution in [2.75, 3.05) is 18.1 Å². The van der Waals surface area contributed by atoms with Gasteiger partial charge in [-0.25, -0.2) is 0 Å². The minimum atomic E-state index is -1.52. The fraction of sp³-hybridized carbons (Fsp3) is 0.643. The molecule has 0 amide bonds. The summed E-state index contributed by atoms with van der Waals surface area (Å²) in [5.74, 6) is 2.90. The van der Waals surface area contributed by atoms with E-state index in [1.807, 2.05) is 11.8 Å². The van der Waals surface area contributed by atoms with Crippen LogP contribution in [0.3, 0.4) is 0 Å².